The van der Waals surface area contributed by atoms with Crippen molar-refractivity contribution >= 4 is 5.57 Å². The summed E-state index contributed by atoms with van der Waals surface area (Å²) in [5.41, 5.74) is 4.81. The second-order valence-corrected chi connectivity index (χ2v) is 8.29. The standard InChI is InChI=1S/C27H29FN4O3/c1-6-32-15-25(27(30-32)35-16-19-7-10-21(34-5)11-8-19)17(2)24-14-31(4)29-26(24)22-12-9-20(28)13-23(22)18(3)33/h7-15,18,33H,2,6,16H2,1,3-5H3/t18-/m1/s1. The minimum atomic E-state index is -0.866. The van der Waals surface area contributed by atoms with Crippen LogP contribution >= 0.6 is 0 Å². The Morgan fingerprint density at radius 1 is 1.11 bits per heavy atom. The number of halogens is 1. The molecular formula is C27H29FN4O3. The molecule has 1 N–H and O–H groups in total. The van der Waals surface area contributed by atoms with E-state index in [2.05, 4.69) is 16.8 Å². The van der Waals surface area contributed by atoms with Crippen molar-refractivity contribution in [2.75, 3.05) is 7.11 Å². The molecule has 4 aromatic rings. The predicted octanol–water partition coefficient (Wildman–Crippen LogP) is 5.15. The van der Waals surface area contributed by atoms with Crippen molar-refractivity contribution in [3.8, 4) is 22.9 Å². The van der Waals surface area contributed by atoms with Crippen LogP contribution in [0.25, 0.3) is 16.8 Å². The highest BCUT2D eigenvalue weighted by Crippen LogP contribution is 2.37. The van der Waals surface area contributed by atoms with E-state index in [-0.39, 0.29) is 0 Å². The van der Waals surface area contributed by atoms with Crippen molar-refractivity contribution in [2.24, 2.45) is 7.05 Å². The number of aliphatic hydroxyl groups excluding tert-OH is 1. The number of aliphatic hydroxyl groups is 1. The number of nitrogens with zero attached hydrogens (tertiary/aromatic N) is 4. The molecule has 0 fully saturated rings. The van der Waals surface area contributed by atoms with E-state index < -0.39 is 11.9 Å². The Kier molecular flexibility index (Phi) is 7.02. The normalized spacial score (nSPS) is 11.9. The monoisotopic (exact) mass is 476 g/mol. The summed E-state index contributed by atoms with van der Waals surface area (Å²) in [5, 5.41) is 19.5. The van der Waals surface area contributed by atoms with Crippen LogP contribution in [0.4, 0.5) is 4.39 Å². The molecule has 0 radical (unpaired) electrons. The highest BCUT2D eigenvalue weighted by molar-refractivity contribution is 5.88. The molecule has 2 aromatic carbocycles. The first kappa shape index (κ1) is 24.2. The SMILES string of the molecule is C=C(c1cn(CC)nc1OCc1ccc(OC)cc1)c1cn(C)nc1-c1ccc(F)cc1[C@@H](C)O. The van der Waals surface area contributed by atoms with Crippen LogP contribution in [0.5, 0.6) is 11.6 Å². The van der Waals surface area contributed by atoms with Crippen LogP contribution < -0.4 is 9.47 Å². The third-order valence-electron chi connectivity index (χ3n) is 5.78. The van der Waals surface area contributed by atoms with Crippen molar-refractivity contribution in [2.45, 2.75) is 33.1 Å². The van der Waals surface area contributed by atoms with Crippen LogP contribution in [-0.2, 0) is 20.2 Å². The maximum atomic E-state index is 13.9. The highest BCUT2D eigenvalue weighted by Gasteiger charge is 2.22. The first-order chi connectivity index (χ1) is 16.8. The van der Waals surface area contributed by atoms with Crippen molar-refractivity contribution in [3.63, 3.8) is 0 Å². The summed E-state index contributed by atoms with van der Waals surface area (Å²) in [6.45, 7) is 8.92. The molecule has 7 nitrogen and oxygen atoms in total. The molecule has 0 bridgehead atoms. The number of rotatable bonds is 9. The van der Waals surface area contributed by atoms with Gasteiger partial charge in [-0.2, -0.15) is 5.10 Å². The largest absolute Gasteiger partial charge is 0.497 e. The van der Waals surface area contributed by atoms with Crippen molar-refractivity contribution in [1.82, 2.24) is 19.6 Å². The van der Waals surface area contributed by atoms with E-state index in [0.29, 0.717) is 41.4 Å². The average Bonchev–Trinajstić information content (AvgIpc) is 3.45. The Morgan fingerprint density at radius 2 is 1.86 bits per heavy atom. The van der Waals surface area contributed by atoms with E-state index >= 15 is 0 Å². The number of ether oxygens (including phenoxy) is 2. The topological polar surface area (TPSA) is 74.3 Å². The molecule has 0 amide bonds. The molecule has 4 rings (SSSR count). The summed E-state index contributed by atoms with van der Waals surface area (Å²) in [5.74, 6) is 0.816. The van der Waals surface area contributed by atoms with Gasteiger partial charge in [-0.3, -0.25) is 9.36 Å². The molecule has 1 atom stereocenters. The minimum Gasteiger partial charge on any atom is -0.497 e. The number of benzene rings is 2. The Balaban J connectivity index is 1.70. The van der Waals surface area contributed by atoms with Gasteiger partial charge < -0.3 is 14.6 Å². The van der Waals surface area contributed by atoms with Gasteiger partial charge >= 0.3 is 0 Å². The maximum Gasteiger partial charge on any atom is 0.241 e. The lowest BCUT2D eigenvalue weighted by Crippen LogP contribution is -2.00. The third-order valence-corrected chi connectivity index (χ3v) is 5.78. The fourth-order valence-electron chi connectivity index (χ4n) is 3.90. The maximum absolute atomic E-state index is 13.9. The summed E-state index contributed by atoms with van der Waals surface area (Å²) in [6.07, 6.45) is 2.88. The van der Waals surface area contributed by atoms with Crippen LogP contribution in [-0.4, -0.2) is 31.8 Å². The average molecular weight is 477 g/mol. The van der Waals surface area contributed by atoms with Gasteiger partial charge in [0, 0.05) is 37.1 Å². The van der Waals surface area contributed by atoms with Gasteiger partial charge in [-0.25, -0.2) is 4.39 Å². The molecule has 8 heteroatoms. The molecule has 0 spiro atoms. The summed E-state index contributed by atoms with van der Waals surface area (Å²) in [7, 11) is 3.44. The van der Waals surface area contributed by atoms with Gasteiger partial charge in [-0.1, -0.05) is 18.7 Å². The Hall–Kier alpha value is -3.91. The summed E-state index contributed by atoms with van der Waals surface area (Å²) in [6, 6.07) is 12.0. The van der Waals surface area contributed by atoms with Gasteiger partial charge in [0.15, 0.2) is 0 Å². The van der Waals surface area contributed by atoms with Gasteiger partial charge in [0.25, 0.3) is 0 Å². The van der Waals surface area contributed by atoms with Crippen LogP contribution in [0, 0.1) is 5.82 Å². The smallest absolute Gasteiger partial charge is 0.241 e. The van der Waals surface area contributed by atoms with Gasteiger partial charge in [0.1, 0.15) is 23.9 Å². The number of methoxy groups -OCH3 is 1. The van der Waals surface area contributed by atoms with Crippen molar-refractivity contribution < 1.29 is 19.0 Å². The zero-order valence-corrected chi connectivity index (χ0v) is 20.3. The molecule has 0 aliphatic rings. The Labute approximate surface area is 204 Å². The predicted molar refractivity (Wildman–Crippen MR) is 133 cm³/mol. The Bertz CT molecular complexity index is 1340. The summed E-state index contributed by atoms with van der Waals surface area (Å²) < 4.78 is 28.7. The second-order valence-electron chi connectivity index (χ2n) is 8.29. The molecule has 0 unspecified atom stereocenters. The summed E-state index contributed by atoms with van der Waals surface area (Å²) >= 11 is 0. The van der Waals surface area contributed by atoms with E-state index in [1.807, 2.05) is 50.6 Å². The van der Waals surface area contributed by atoms with Gasteiger partial charge in [-0.15, -0.1) is 5.10 Å². The van der Waals surface area contributed by atoms with Crippen LogP contribution in [0.1, 0.15) is 42.2 Å². The third kappa shape index (κ3) is 5.12. The van der Waals surface area contributed by atoms with Crippen LogP contribution in [0.2, 0.25) is 0 Å². The zero-order chi connectivity index (χ0) is 25.1. The van der Waals surface area contributed by atoms with E-state index in [4.69, 9.17) is 9.47 Å². The molecule has 0 aliphatic heterocycles. The molecule has 182 valence electrons. The van der Waals surface area contributed by atoms with Gasteiger partial charge in [-0.05, 0) is 60.9 Å². The Morgan fingerprint density at radius 3 is 2.51 bits per heavy atom. The lowest BCUT2D eigenvalue weighted by molar-refractivity contribution is 0.199. The van der Waals surface area contributed by atoms with Gasteiger partial charge in [0.2, 0.25) is 5.88 Å². The van der Waals surface area contributed by atoms with Crippen LogP contribution in [0.3, 0.4) is 0 Å². The molecule has 0 aliphatic carbocycles. The first-order valence-electron chi connectivity index (χ1n) is 11.3. The minimum absolute atomic E-state index is 0.328. The molecule has 0 saturated heterocycles. The van der Waals surface area contributed by atoms with E-state index in [1.54, 1.807) is 29.5 Å². The number of aryl methyl sites for hydroxylation is 2. The second kappa shape index (κ2) is 10.1. The molecule has 2 aromatic heterocycles. The quantitative estimate of drug-likeness (QED) is 0.362. The molecule has 35 heavy (non-hydrogen) atoms. The van der Waals surface area contributed by atoms with Crippen LogP contribution in [0.15, 0.2) is 61.4 Å². The van der Waals surface area contributed by atoms with E-state index in [9.17, 15) is 9.50 Å². The van der Waals surface area contributed by atoms with E-state index in [1.165, 1.54) is 12.1 Å². The lowest BCUT2D eigenvalue weighted by atomic mass is 9.94. The fraction of sp³-hybridized carbons (Fsp3) is 0.259. The highest BCUT2D eigenvalue weighted by atomic mass is 19.1. The zero-order valence-electron chi connectivity index (χ0n) is 20.3. The lowest BCUT2D eigenvalue weighted by Gasteiger charge is -2.13. The number of aromatic nitrogens is 4. The molecule has 0 saturated carbocycles. The van der Waals surface area contributed by atoms with E-state index in [0.717, 1.165) is 22.4 Å². The van der Waals surface area contributed by atoms with Gasteiger partial charge in [0.05, 0.1) is 18.8 Å². The van der Waals surface area contributed by atoms with Crippen molar-refractivity contribution in [3.05, 3.63) is 89.5 Å². The number of hydrogen-bond acceptors (Lipinski definition) is 5. The summed E-state index contributed by atoms with van der Waals surface area (Å²) in [4.78, 5) is 0. The first-order valence-corrected chi connectivity index (χ1v) is 11.3. The van der Waals surface area contributed by atoms with Crippen molar-refractivity contribution in [1.29, 1.82) is 0 Å². The fourth-order valence-corrected chi connectivity index (χ4v) is 3.90. The number of hydrogen-bond donors (Lipinski definition) is 1. The molecular weight excluding hydrogens is 447 g/mol. The molecule has 2 heterocycles.